The fourth-order valence-corrected chi connectivity index (χ4v) is 3.36. The van der Waals surface area contributed by atoms with E-state index in [1.54, 1.807) is 23.2 Å². The van der Waals surface area contributed by atoms with Crippen molar-refractivity contribution in [3.63, 3.8) is 0 Å². The van der Waals surface area contributed by atoms with Gasteiger partial charge in [0.2, 0.25) is 0 Å². The molecule has 0 aliphatic carbocycles. The Morgan fingerprint density at radius 1 is 1.21 bits per heavy atom. The lowest BCUT2D eigenvalue weighted by Gasteiger charge is -2.32. The van der Waals surface area contributed by atoms with Gasteiger partial charge in [-0.1, -0.05) is 30.3 Å². The van der Waals surface area contributed by atoms with E-state index in [-0.39, 0.29) is 6.04 Å². The third-order valence-electron chi connectivity index (χ3n) is 4.02. The van der Waals surface area contributed by atoms with Crippen molar-refractivity contribution >= 4 is 11.3 Å². The van der Waals surface area contributed by atoms with Gasteiger partial charge >= 0.3 is 0 Å². The van der Waals surface area contributed by atoms with E-state index in [1.807, 2.05) is 22.9 Å². The van der Waals surface area contributed by atoms with Crippen LogP contribution in [-0.4, -0.2) is 49.6 Å². The Bertz CT molecular complexity index is 760. The monoisotopic (exact) mass is 342 g/mol. The molecule has 3 aromatic rings. The van der Waals surface area contributed by atoms with Crippen LogP contribution in [0.1, 0.15) is 22.4 Å². The zero-order chi connectivity index (χ0) is 16.2. The van der Waals surface area contributed by atoms with Crippen LogP contribution in [0, 0.1) is 0 Å². The first-order valence-corrected chi connectivity index (χ1v) is 8.76. The highest BCUT2D eigenvalue weighted by Gasteiger charge is 2.28. The fourth-order valence-electron chi connectivity index (χ4n) is 2.81. The molecule has 4 rings (SSSR count). The summed E-state index contributed by atoms with van der Waals surface area (Å²) in [7, 11) is 0. The van der Waals surface area contributed by atoms with Crippen molar-refractivity contribution in [2.45, 2.75) is 19.1 Å². The minimum Gasteiger partial charge on any atom is -0.378 e. The van der Waals surface area contributed by atoms with Crippen LogP contribution in [0.3, 0.4) is 0 Å². The summed E-state index contributed by atoms with van der Waals surface area (Å²) in [6.45, 7) is 3.65. The van der Waals surface area contributed by atoms with Crippen molar-refractivity contribution < 1.29 is 4.74 Å². The Balaban J connectivity index is 1.49. The van der Waals surface area contributed by atoms with Crippen LogP contribution in [0.15, 0.2) is 42.2 Å². The quantitative estimate of drug-likeness (QED) is 0.704. The van der Waals surface area contributed by atoms with E-state index in [2.05, 4.69) is 37.3 Å². The van der Waals surface area contributed by atoms with Crippen molar-refractivity contribution in [1.82, 2.24) is 29.9 Å². The van der Waals surface area contributed by atoms with E-state index < -0.39 is 0 Å². The van der Waals surface area contributed by atoms with Gasteiger partial charge in [-0.05, 0) is 5.56 Å². The summed E-state index contributed by atoms with van der Waals surface area (Å²) >= 11 is 1.57. The summed E-state index contributed by atoms with van der Waals surface area (Å²) in [6, 6.07) is 10.3. The van der Waals surface area contributed by atoms with Crippen LogP contribution in [0.25, 0.3) is 0 Å². The number of benzene rings is 1. The molecule has 0 N–H and O–H groups in total. The van der Waals surface area contributed by atoms with E-state index in [4.69, 9.17) is 4.74 Å². The first-order valence-electron chi connectivity index (χ1n) is 7.88. The topological polar surface area (TPSA) is 69.0 Å². The summed E-state index contributed by atoms with van der Waals surface area (Å²) in [4.78, 5) is 6.82. The molecule has 1 aliphatic heterocycles. The average molecular weight is 342 g/mol. The van der Waals surface area contributed by atoms with Crippen LogP contribution in [-0.2, 0) is 17.8 Å². The average Bonchev–Trinajstić information content (AvgIpc) is 3.29. The zero-order valence-electron chi connectivity index (χ0n) is 13.2. The standard InChI is InChI=1S/C16H18N6OS/c1-2-4-13(5-3-1)8-22-11-17-16(20-22)14-10-23-7-6-21(14)9-15-19-18-12-24-15/h1-5,11-12,14H,6-10H2. The smallest absolute Gasteiger partial charge is 0.170 e. The van der Waals surface area contributed by atoms with Crippen LogP contribution in [0.2, 0.25) is 0 Å². The summed E-state index contributed by atoms with van der Waals surface area (Å²) in [6.07, 6.45) is 1.79. The van der Waals surface area contributed by atoms with Gasteiger partial charge in [0.25, 0.3) is 0 Å². The normalized spacial score (nSPS) is 18.8. The molecule has 0 spiro atoms. The molecular formula is C16H18N6OS. The Morgan fingerprint density at radius 2 is 2.12 bits per heavy atom. The second kappa shape index (κ2) is 7.16. The molecule has 0 amide bonds. The van der Waals surface area contributed by atoms with Crippen molar-refractivity contribution in [1.29, 1.82) is 0 Å². The Morgan fingerprint density at radius 3 is 2.96 bits per heavy atom. The second-order valence-corrected chi connectivity index (χ2v) is 6.60. The molecule has 1 aromatic carbocycles. The molecule has 1 fully saturated rings. The molecule has 0 radical (unpaired) electrons. The molecule has 0 saturated carbocycles. The van der Waals surface area contributed by atoms with Gasteiger partial charge in [-0.2, -0.15) is 5.10 Å². The van der Waals surface area contributed by atoms with Crippen LogP contribution < -0.4 is 0 Å². The van der Waals surface area contributed by atoms with Gasteiger partial charge in [0.1, 0.15) is 16.8 Å². The minimum atomic E-state index is 0.0553. The van der Waals surface area contributed by atoms with Crippen LogP contribution in [0.5, 0.6) is 0 Å². The highest BCUT2D eigenvalue weighted by atomic mass is 32.1. The predicted octanol–water partition coefficient (Wildman–Crippen LogP) is 1.75. The number of aromatic nitrogens is 5. The van der Waals surface area contributed by atoms with Gasteiger partial charge in [-0.15, -0.1) is 21.5 Å². The third kappa shape index (κ3) is 3.50. The van der Waals surface area contributed by atoms with Gasteiger partial charge in [-0.3, -0.25) is 4.90 Å². The molecule has 0 bridgehead atoms. The Kier molecular flexibility index (Phi) is 4.59. The molecule has 1 aliphatic rings. The second-order valence-electron chi connectivity index (χ2n) is 5.68. The number of hydrogen-bond acceptors (Lipinski definition) is 7. The van der Waals surface area contributed by atoms with E-state index in [0.717, 1.165) is 37.1 Å². The number of ether oxygens (including phenoxy) is 1. The van der Waals surface area contributed by atoms with Crippen molar-refractivity contribution in [2.24, 2.45) is 0 Å². The Hall–Kier alpha value is -2.16. The van der Waals surface area contributed by atoms with Gasteiger partial charge < -0.3 is 4.74 Å². The van der Waals surface area contributed by atoms with Crippen LogP contribution in [0.4, 0.5) is 0 Å². The molecule has 1 saturated heterocycles. The van der Waals surface area contributed by atoms with E-state index in [0.29, 0.717) is 6.61 Å². The van der Waals surface area contributed by atoms with E-state index in [1.165, 1.54) is 5.56 Å². The van der Waals surface area contributed by atoms with Crippen molar-refractivity contribution in [2.75, 3.05) is 19.8 Å². The number of morpholine rings is 1. The summed E-state index contributed by atoms with van der Waals surface area (Å²) in [5, 5.41) is 13.7. The zero-order valence-corrected chi connectivity index (χ0v) is 14.0. The van der Waals surface area contributed by atoms with Gasteiger partial charge in [0.15, 0.2) is 5.82 Å². The minimum absolute atomic E-state index is 0.0553. The molecule has 3 heterocycles. The molecule has 7 nitrogen and oxygen atoms in total. The van der Waals surface area contributed by atoms with Crippen LogP contribution >= 0.6 is 11.3 Å². The first-order chi connectivity index (χ1) is 11.9. The van der Waals surface area contributed by atoms with Gasteiger partial charge in [0, 0.05) is 6.54 Å². The number of rotatable bonds is 5. The molecule has 8 heteroatoms. The fraction of sp³-hybridized carbons (Fsp3) is 0.375. The Labute approximate surface area is 143 Å². The van der Waals surface area contributed by atoms with Crippen molar-refractivity contribution in [3.05, 3.63) is 58.6 Å². The SMILES string of the molecule is c1ccc(Cn2cnc(C3COCCN3Cc3nncs3)n2)cc1. The first kappa shape index (κ1) is 15.4. The molecule has 1 unspecified atom stereocenters. The lowest BCUT2D eigenvalue weighted by atomic mass is 10.2. The lowest BCUT2D eigenvalue weighted by molar-refractivity contribution is -0.0160. The number of hydrogen-bond donors (Lipinski definition) is 0. The van der Waals surface area contributed by atoms with Gasteiger partial charge in [0.05, 0.1) is 32.3 Å². The molecular weight excluding hydrogens is 324 g/mol. The largest absolute Gasteiger partial charge is 0.378 e. The maximum Gasteiger partial charge on any atom is 0.170 e. The summed E-state index contributed by atoms with van der Waals surface area (Å²) in [5.74, 6) is 0.801. The van der Waals surface area contributed by atoms with E-state index >= 15 is 0 Å². The highest BCUT2D eigenvalue weighted by Crippen LogP contribution is 2.23. The molecule has 2 aromatic heterocycles. The van der Waals surface area contributed by atoms with E-state index in [9.17, 15) is 0 Å². The summed E-state index contributed by atoms with van der Waals surface area (Å²) in [5.41, 5.74) is 2.97. The predicted molar refractivity (Wildman–Crippen MR) is 89.4 cm³/mol. The summed E-state index contributed by atoms with van der Waals surface area (Å²) < 4.78 is 7.53. The molecule has 124 valence electrons. The van der Waals surface area contributed by atoms with Crippen molar-refractivity contribution in [3.8, 4) is 0 Å². The molecule has 1 atom stereocenters. The maximum absolute atomic E-state index is 5.65. The highest BCUT2D eigenvalue weighted by molar-refractivity contribution is 7.09. The number of nitrogens with zero attached hydrogens (tertiary/aromatic N) is 6. The van der Waals surface area contributed by atoms with Gasteiger partial charge in [-0.25, -0.2) is 9.67 Å². The lowest BCUT2D eigenvalue weighted by Crippen LogP contribution is -2.39. The molecule has 24 heavy (non-hydrogen) atoms. The third-order valence-corrected chi connectivity index (χ3v) is 4.70. The maximum atomic E-state index is 5.65.